The number of sulfonamides is 1. The van der Waals surface area contributed by atoms with Crippen LogP contribution in [-0.4, -0.2) is 39.4 Å². The Hall–Kier alpha value is 0.150. The van der Waals surface area contributed by atoms with E-state index in [1.54, 1.807) is 10.4 Å². The second-order valence-corrected chi connectivity index (χ2v) is 8.77. The van der Waals surface area contributed by atoms with Gasteiger partial charge in [0.05, 0.1) is 4.34 Å². The Morgan fingerprint density at radius 2 is 2.25 bits per heavy atom. The molecule has 0 amide bonds. The molecule has 1 N–H and O–H groups in total. The maximum Gasteiger partial charge on any atom is 0.252 e. The van der Waals surface area contributed by atoms with E-state index in [1.165, 1.54) is 0 Å². The lowest BCUT2D eigenvalue weighted by Gasteiger charge is -2.31. The third kappa shape index (κ3) is 3.87. The van der Waals surface area contributed by atoms with Crippen LogP contribution in [0.25, 0.3) is 0 Å². The Balaban J connectivity index is 0.00000200. The van der Waals surface area contributed by atoms with Crippen LogP contribution in [0.3, 0.4) is 0 Å². The summed E-state index contributed by atoms with van der Waals surface area (Å²) in [6, 6.07) is 1.67. The molecule has 1 atom stereocenters. The van der Waals surface area contributed by atoms with Gasteiger partial charge in [0, 0.05) is 13.1 Å². The van der Waals surface area contributed by atoms with Crippen molar-refractivity contribution in [3.63, 3.8) is 0 Å². The molecule has 1 saturated heterocycles. The van der Waals surface area contributed by atoms with Crippen molar-refractivity contribution < 1.29 is 8.42 Å². The first-order chi connectivity index (χ1) is 8.95. The number of rotatable bonds is 4. The van der Waals surface area contributed by atoms with Crippen LogP contribution >= 0.6 is 35.3 Å². The molecule has 0 spiro atoms. The van der Waals surface area contributed by atoms with E-state index in [0.717, 1.165) is 36.3 Å². The lowest BCUT2D eigenvalue weighted by molar-refractivity contribution is 0.264. The summed E-state index contributed by atoms with van der Waals surface area (Å²) in [5, 5.41) is 3.12. The predicted octanol–water partition coefficient (Wildman–Crippen LogP) is 2.75. The van der Waals surface area contributed by atoms with Crippen molar-refractivity contribution in [2.24, 2.45) is 5.92 Å². The van der Waals surface area contributed by atoms with Gasteiger partial charge in [0.2, 0.25) is 0 Å². The molecule has 2 heterocycles. The molecule has 0 aromatic carbocycles. The average Bonchev–Trinajstić information content (AvgIpc) is 2.71. The molecule has 116 valence electrons. The van der Waals surface area contributed by atoms with Gasteiger partial charge >= 0.3 is 0 Å². The molecule has 8 heteroatoms. The fourth-order valence-electron chi connectivity index (χ4n) is 2.39. The van der Waals surface area contributed by atoms with Gasteiger partial charge in [-0.15, -0.1) is 23.7 Å². The quantitative estimate of drug-likeness (QED) is 0.899. The molecule has 1 fully saturated rings. The Morgan fingerprint density at radius 3 is 2.80 bits per heavy atom. The molecule has 1 aromatic rings. The Labute approximate surface area is 136 Å². The molecule has 4 nitrogen and oxygen atoms in total. The predicted molar refractivity (Wildman–Crippen MR) is 86.7 cm³/mol. The highest BCUT2D eigenvalue weighted by molar-refractivity contribution is 7.91. The molecule has 1 aromatic heterocycles. The third-order valence-corrected chi connectivity index (χ3v) is 7.27. The molecule has 0 aliphatic carbocycles. The van der Waals surface area contributed by atoms with E-state index >= 15 is 0 Å². The summed E-state index contributed by atoms with van der Waals surface area (Å²) in [5.41, 5.74) is 0.828. The maximum atomic E-state index is 12.6. The zero-order valence-electron chi connectivity index (χ0n) is 11.6. The highest BCUT2D eigenvalue weighted by Gasteiger charge is 2.31. The van der Waals surface area contributed by atoms with Crippen LogP contribution < -0.4 is 5.32 Å². The van der Waals surface area contributed by atoms with E-state index in [1.807, 2.05) is 14.0 Å². The summed E-state index contributed by atoms with van der Waals surface area (Å²) in [5.74, 6) is 0.394. The number of hydrogen-bond acceptors (Lipinski definition) is 4. The fraction of sp³-hybridized carbons (Fsp3) is 0.667. The fourth-order valence-corrected chi connectivity index (χ4v) is 5.80. The first-order valence-electron chi connectivity index (χ1n) is 6.36. The summed E-state index contributed by atoms with van der Waals surface area (Å²) in [6.07, 6.45) is 2.00. The van der Waals surface area contributed by atoms with Crippen LogP contribution in [0.4, 0.5) is 0 Å². The van der Waals surface area contributed by atoms with Crippen molar-refractivity contribution in [2.45, 2.75) is 24.0 Å². The van der Waals surface area contributed by atoms with Gasteiger partial charge < -0.3 is 5.32 Å². The van der Waals surface area contributed by atoms with Crippen LogP contribution in [0.5, 0.6) is 0 Å². The van der Waals surface area contributed by atoms with E-state index in [9.17, 15) is 8.42 Å². The zero-order chi connectivity index (χ0) is 14.0. The van der Waals surface area contributed by atoms with Crippen molar-refractivity contribution in [1.82, 2.24) is 9.62 Å². The van der Waals surface area contributed by atoms with Gasteiger partial charge in [0.25, 0.3) is 10.0 Å². The van der Waals surface area contributed by atoms with Crippen molar-refractivity contribution in [1.29, 1.82) is 0 Å². The molecule has 0 radical (unpaired) electrons. The van der Waals surface area contributed by atoms with Crippen molar-refractivity contribution >= 4 is 45.4 Å². The van der Waals surface area contributed by atoms with E-state index in [4.69, 9.17) is 11.6 Å². The number of piperidine rings is 1. The average molecular weight is 359 g/mol. The van der Waals surface area contributed by atoms with Gasteiger partial charge in [-0.1, -0.05) is 11.6 Å². The summed E-state index contributed by atoms with van der Waals surface area (Å²) >= 11 is 7.13. The van der Waals surface area contributed by atoms with E-state index in [0.29, 0.717) is 27.6 Å². The minimum atomic E-state index is -3.38. The van der Waals surface area contributed by atoms with Gasteiger partial charge in [0.1, 0.15) is 4.21 Å². The second-order valence-electron chi connectivity index (χ2n) is 4.95. The summed E-state index contributed by atoms with van der Waals surface area (Å²) in [6.45, 7) is 3.89. The topological polar surface area (TPSA) is 49.4 Å². The van der Waals surface area contributed by atoms with Gasteiger partial charge in [0.15, 0.2) is 0 Å². The minimum Gasteiger partial charge on any atom is -0.319 e. The first kappa shape index (κ1) is 18.2. The Bertz CT molecular complexity index is 524. The smallest absolute Gasteiger partial charge is 0.252 e. The van der Waals surface area contributed by atoms with Crippen molar-refractivity contribution in [3.8, 4) is 0 Å². The van der Waals surface area contributed by atoms with Crippen LogP contribution in [-0.2, 0) is 10.0 Å². The molecule has 1 unspecified atom stereocenters. The highest BCUT2D eigenvalue weighted by atomic mass is 35.5. The molecule has 0 saturated carbocycles. The van der Waals surface area contributed by atoms with Crippen molar-refractivity contribution in [3.05, 3.63) is 16.0 Å². The van der Waals surface area contributed by atoms with Crippen LogP contribution in [0.2, 0.25) is 4.34 Å². The molecular formula is C12H20Cl2N2O2S2. The van der Waals surface area contributed by atoms with E-state index in [2.05, 4.69) is 5.32 Å². The first-order valence-corrected chi connectivity index (χ1v) is 8.99. The number of thiophene rings is 1. The number of nitrogens with zero attached hydrogens (tertiary/aromatic N) is 1. The van der Waals surface area contributed by atoms with Gasteiger partial charge in [-0.25, -0.2) is 8.42 Å². The Kier molecular flexibility index (Phi) is 6.76. The van der Waals surface area contributed by atoms with Crippen LogP contribution in [0.15, 0.2) is 10.3 Å². The van der Waals surface area contributed by atoms with Gasteiger partial charge in [-0.05, 0) is 50.9 Å². The number of nitrogens with one attached hydrogen (secondary N) is 1. The second kappa shape index (κ2) is 7.42. The third-order valence-electron chi connectivity index (χ3n) is 3.40. The van der Waals surface area contributed by atoms with E-state index in [-0.39, 0.29) is 12.4 Å². The van der Waals surface area contributed by atoms with Gasteiger partial charge in [-0.2, -0.15) is 4.31 Å². The molecule has 1 aliphatic rings. The lowest BCUT2D eigenvalue weighted by atomic mass is 10.00. The summed E-state index contributed by atoms with van der Waals surface area (Å²) in [4.78, 5) is 0. The maximum absolute atomic E-state index is 12.6. The standard InChI is InChI=1S/C12H19ClN2O2S2.ClH/c1-9-6-11(18-12(9)13)19(16,17)15-5-3-4-10(8-15)7-14-2;/h6,10,14H,3-5,7-8H2,1-2H3;1H. The Morgan fingerprint density at radius 1 is 1.55 bits per heavy atom. The monoisotopic (exact) mass is 358 g/mol. The minimum absolute atomic E-state index is 0. The summed E-state index contributed by atoms with van der Waals surface area (Å²) < 4.78 is 27.6. The highest BCUT2D eigenvalue weighted by Crippen LogP contribution is 2.33. The molecular weight excluding hydrogens is 339 g/mol. The summed E-state index contributed by atoms with van der Waals surface area (Å²) in [7, 11) is -1.48. The van der Waals surface area contributed by atoms with Crippen LogP contribution in [0.1, 0.15) is 18.4 Å². The van der Waals surface area contributed by atoms with Crippen molar-refractivity contribution in [2.75, 3.05) is 26.7 Å². The number of halogens is 2. The van der Waals surface area contributed by atoms with E-state index < -0.39 is 10.0 Å². The largest absolute Gasteiger partial charge is 0.319 e. The normalized spacial score (nSPS) is 20.6. The molecule has 20 heavy (non-hydrogen) atoms. The molecule has 1 aliphatic heterocycles. The zero-order valence-corrected chi connectivity index (χ0v) is 14.8. The van der Waals surface area contributed by atoms with Crippen LogP contribution in [0, 0.1) is 12.8 Å². The SMILES string of the molecule is CNCC1CCCN(S(=O)(=O)c2cc(C)c(Cl)s2)C1.Cl. The molecule has 2 rings (SSSR count). The molecule has 0 bridgehead atoms. The number of aryl methyl sites for hydroxylation is 1. The lowest BCUT2D eigenvalue weighted by Crippen LogP contribution is -2.42. The van der Waals surface area contributed by atoms with Gasteiger partial charge in [-0.3, -0.25) is 0 Å². The number of hydrogen-bond donors (Lipinski definition) is 1.